The van der Waals surface area contributed by atoms with Crippen LogP contribution in [0.15, 0.2) is 30.6 Å². The number of nitrogens with one attached hydrogen (secondary N) is 2. The zero-order valence-corrected chi connectivity index (χ0v) is 14.4. The van der Waals surface area contributed by atoms with E-state index in [1.165, 1.54) is 24.5 Å². The molecule has 10 heteroatoms. The fourth-order valence-corrected chi connectivity index (χ4v) is 4.24. The van der Waals surface area contributed by atoms with Crippen LogP contribution in [0.1, 0.15) is 16.8 Å². The first-order chi connectivity index (χ1) is 11.8. The molecule has 1 atom stereocenters. The van der Waals surface area contributed by atoms with Crippen LogP contribution in [0.3, 0.4) is 0 Å². The second kappa shape index (κ2) is 6.93. The average Bonchev–Trinajstić information content (AvgIpc) is 2.90. The number of sulfone groups is 1. The van der Waals surface area contributed by atoms with E-state index >= 15 is 0 Å². The number of rotatable bonds is 4. The van der Waals surface area contributed by atoms with Crippen molar-refractivity contribution in [2.75, 3.05) is 22.1 Å². The van der Waals surface area contributed by atoms with Gasteiger partial charge in [0.25, 0.3) is 5.91 Å². The number of anilines is 2. The van der Waals surface area contributed by atoms with Gasteiger partial charge in [0, 0.05) is 24.1 Å². The summed E-state index contributed by atoms with van der Waals surface area (Å²) in [6.07, 6.45) is 3.14. The van der Waals surface area contributed by atoms with E-state index in [0.29, 0.717) is 12.1 Å². The fraction of sp³-hybridized carbons (Fsp3) is 0.267. The molecule has 0 saturated carbocycles. The molecule has 3 rings (SSSR count). The Morgan fingerprint density at radius 3 is 2.60 bits per heavy atom. The Bertz CT molecular complexity index is 905. The molecule has 1 aliphatic rings. The molecule has 0 bridgehead atoms. The van der Waals surface area contributed by atoms with Gasteiger partial charge in [0.2, 0.25) is 5.95 Å². The molecule has 1 saturated heterocycles. The molecule has 2 heterocycles. The smallest absolute Gasteiger partial charge is 0.258 e. The SMILES string of the molecule is O=C(Nc1ccc(F)c(Cl)c1)c1cnc(NC2CCS(=O)(=O)C2)nc1. The van der Waals surface area contributed by atoms with E-state index in [2.05, 4.69) is 20.6 Å². The minimum absolute atomic E-state index is 0.0456. The number of nitrogens with zero attached hydrogens (tertiary/aromatic N) is 2. The van der Waals surface area contributed by atoms with Gasteiger partial charge in [-0.3, -0.25) is 4.79 Å². The maximum atomic E-state index is 13.1. The normalized spacial score (nSPS) is 18.7. The van der Waals surface area contributed by atoms with E-state index in [0.717, 1.165) is 6.07 Å². The van der Waals surface area contributed by atoms with E-state index in [1.54, 1.807) is 0 Å². The van der Waals surface area contributed by atoms with E-state index in [9.17, 15) is 17.6 Å². The molecule has 1 unspecified atom stereocenters. The molecule has 132 valence electrons. The summed E-state index contributed by atoms with van der Waals surface area (Å²) >= 11 is 5.66. The van der Waals surface area contributed by atoms with Crippen molar-refractivity contribution in [3.63, 3.8) is 0 Å². The topological polar surface area (TPSA) is 101 Å². The predicted octanol–water partition coefficient (Wildman–Crippen LogP) is 2.12. The highest BCUT2D eigenvalue weighted by atomic mass is 35.5. The van der Waals surface area contributed by atoms with Gasteiger partial charge in [0.1, 0.15) is 5.82 Å². The number of halogens is 2. The van der Waals surface area contributed by atoms with Crippen LogP contribution in [0.2, 0.25) is 5.02 Å². The van der Waals surface area contributed by atoms with Crippen molar-refractivity contribution in [2.24, 2.45) is 0 Å². The fourth-order valence-electron chi connectivity index (χ4n) is 2.39. The van der Waals surface area contributed by atoms with Gasteiger partial charge in [0.15, 0.2) is 9.84 Å². The Labute approximate surface area is 148 Å². The third-order valence-electron chi connectivity index (χ3n) is 3.66. The number of benzene rings is 1. The van der Waals surface area contributed by atoms with Gasteiger partial charge in [-0.2, -0.15) is 0 Å². The van der Waals surface area contributed by atoms with E-state index in [4.69, 9.17) is 11.6 Å². The highest BCUT2D eigenvalue weighted by molar-refractivity contribution is 7.91. The first-order valence-electron chi connectivity index (χ1n) is 7.38. The van der Waals surface area contributed by atoms with E-state index < -0.39 is 21.6 Å². The Kier molecular flexibility index (Phi) is 4.87. The zero-order chi connectivity index (χ0) is 18.0. The van der Waals surface area contributed by atoms with Crippen molar-refractivity contribution >= 4 is 39.0 Å². The van der Waals surface area contributed by atoms with Crippen LogP contribution in [-0.2, 0) is 9.84 Å². The highest BCUT2D eigenvalue weighted by Gasteiger charge is 2.28. The monoisotopic (exact) mass is 384 g/mol. The Balaban J connectivity index is 1.63. The number of carbonyl (C=O) groups is 1. The Morgan fingerprint density at radius 2 is 2.00 bits per heavy atom. The molecule has 25 heavy (non-hydrogen) atoms. The molecular formula is C15H14ClFN4O3S. The van der Waals surface area contributed by atoms with Gasteiger partial charge in [-0.1, -0.05) is 11.6 Å². The number of hydrogen-bond acceptors (Lipinski definition) is 6. The van der Waals surface area contributed by atoms with Crippen molar-refractivity contribution < 1.29 is 17.6 Å². The average molecular weight is 385 g/mol. The lowest BCUT2D eigenvalue weighted by Crippen LogP contribution is -2.22. The number of carbonyl (C=O) groups excluding carboxylic acids is 1. The first kappa shape index (κ1) is 17.6. The number of aromatic nitrogens is 2. The van der Waals surface area contributed by atoms with Gasteiger partial charge in [-0.05, 0) is 24.6 Å². The van der Waals surface area contributed by atoms with Crippen LogP contribution in [0.25, 0.3) is 0 Å². The van der Waals surface area contributed by atoms with Crippen molar-refractivity contribution in [1.82, 2.24) is 9.97 Å². The summed E-state index contributed by atoms with van der Waals surface area (Å²) in [5, 5.41) is 5.40. The Morgan fingerprint density at radius 1 is 1.28 bits per heavy atom. The molecule has 2 N–H and O–H groups in total. The summed E-state index contributed by atoms with van der Waals surface area (Å²) in [4.78, 5) is 20.2. The second-order valence-corrected chi connectivity index (χ2v) is 8.26. The summed E-state index contributed by atoms with van der Waals surface area (Å²) in [7, 11) is -3.00. The van der Waals surface area contributed by atoms with Gasteiger partial charge in [0.05, 0.1) is 22.1 Å². The van der Waals surface area contributed by atoms with Crippen LogP contribution in [0.5, 0.6) is 0 Å². The van der Waals surface area contributed by atoms with Gasteiger partial charge in [-0.15, -0.1) is 0 Å². The van der Waals surface area contributed by atoms with Crippen molar-refractivity contribution in [3.8, 4) is 0 Å². The lowest BCUT2D eigenvalue weighted by atomic mass is 10.2. The first-order valence-corrected chi connectivity index (χ1v) is 9.58. The number of amides is 1. The van der Waals surface area contributed by atoms with Crippen molar-refractivity contribution in [1.29, 1.82) is 0 Å². The summed E-state index contributed by atoms with van der Waals surface area (Å²) in [6.45, 7) is 0. The van der Waals surface area contributed by atoms with Crippen molar-refractivity contribution in [3.05, 3.63) is 47.0 Å². The van der Waals surface area contributed by atoms with Gasteiger partial charge < -0.3 is 10.6 Å². The predicted molar refractivity (Wildman–Crippen MR) is 92.1 cm³/mol. The third-order valence-corrected chi connectivity index (χ3v) is 5.71. The zero-order valence-electron chi connectivity index (χ0n) is 12.9. The molecule has 0 spiro atoms. The minimum atomic E-state index is -3.00. The van der Waals surface area contributed by atoms with Crippen LogP contribution in [0, 0.1) is 5.82 Å². The summed E-state index contributed by atoms with van der Waals surface area (Å²) in [5.41, 5.74) is 0.541. The lowest BCUT2D eigenvalue weighted by Gasteiger charge is -2.10. The quantitative estimate of drug-likeness (QED) is 0.837. The minimum Gasteiger partial charge on any atom is -0.350 e. The number of hydrogen-bond donors (Lipinski definition) is 2. The Hall–Kier alpha value is -2.26. The standard InChI is InChI=1S/C15H14ClFN4O3S/c16-12-5-10(1-2-13(12)17)20-14(22)9-6-18-15(19-7-9)21-11-3-4-25(23,24)8-11/h1-2,5-7,11H,3-4,8H2,(H,20,22)(H,18,19,21). The molecule has 0 aliphatic carbocycles. The maximum Gasteiger partial charge on any atom is 0.258 e. The van der Waals surface area contributed by atoms with Crippen LogP contribution in [-0.4, -0.2) is 41.8 Å². The molecule has 1 aliphatic heterocycles. The highest BCUT2D eigenvalue weighted by Crippen LogP contribution is 2.20. The molecule has 7 nitrogen and oxygen atoms in total. The molecule has 1 amide bonds. The van der Waals surface area contributed by atoms with Crippen LogP contribution < -0.4 is 10.6 Å². The molecular weight excluding hydrogens is 371 g/mol. The summed E-state index contributed by atoms with van der Waals surface area (Å²) in [5.74, 6) is -0.608. The van der Waals surface area contributed by atoms with Gasteiger partial charge in [-0.25, -0.2) is 22.8 Å². The van der Waals surface area contributed by atoms with Gasteiger partial charge >= 0.3 is 0 Å². The molecule has 1 aromatic carbocycles. The molecule has 1 fully saturated rings. The summed E-state index contributed by atoms with van der Waals surface area (Å²) < 4.78 is 36.0. The largest absolute Gasteiger partial charge is 0.350 e. The lowest BCUT2D eigenvalue weighted by molar-refractivity contribution is 0.102. The van der Waals surface area contributed by atoms with E-state index in [1.807, 2.05) is 0 Å². The molecule has 2 aromatic rings. The van der Waals surface area contributed by atoms with Crippen molar-refractivity contribution in [2.45, 2.75) is 12.5 Å². The maximum absolute atomic E-state index is 13.1. The molecule has 1 aromatic heterocycles. The second-order valence-electron chi connectivity index (χ2n) is 5.62. The summed E-state index contributed by atoms with van der Waals surface area (Å²) in [6, 6.07) is 3.60. The van der Waals surface area contributed by atoms with Crippen LogP contribution in [0.4, 0.5) is 16.0 Å². The van der Waals surface area contributed by atoms with E-state index in [-0.39, 0.29) is 34.1 Å². The van der Waals surface area contributed by atoms with Crippen LogP contribution >= 0.6 is 11.6 Å². The third kappa shape index (κ3) is 4.43. The molecule has 0 radical (unpaired) electrons.